The van der Waals surface area contributed by atoms with Crippen LogP contribution in [0.3, 0.4) is 0 Å². The lowest BCUT2D eigenvalue weighted by Gasteiger charge is -2.23. The predicted molar refractivity (Wildman–Crippen MR) is 65.1 cm³/mol. The van der Waals surface area contributed by atoms with E-state index in [0.717, 1.165) is 13.0 Å². The van der Waals surface area contributed by atoms with E-state index in [1.54, 1.807) is 17.5 Å². The van der Waals surface area contributed by atoms with E-state index < -0.39 is 10.0 Å². The number of sulfonamides is 1. The number of thiophene rings is 1. The molecule has 1 aromatic heterocycles. The number of piperidine rings is 1. The van der Waals surface area contributed by atoms with Crippen molar-refractivity contribution in [2.24, 2.45) is 0 Å². The van der Waals surface area contributed by atoms with Crippen LogP contribution in [0.5, 0.6) is 0 Å². The molecule has 1 fully saturated rings. The van der Waals surface area contributed by atoms with Gasteiger partial charge in [0, 0.05) is 12.6 Å². The van der Waals surface area contributed by atoms with Gasteiger partial charge < -0.3 is 5.32 Å². The molecule has 0 aromatic carbocycles. The van der Waals surface area contributed by atoms with Gasteiger partial charge in [-0.2, -0.15) is 0 Å². The lowest BCUT2D eigenvalue weighted by molar-refractivity contribution is 0.398. The molecule has 0 saturated carbocycles. The second-order valence-corrected chi connectivity index (χ2v) is 6.87. The van der Waals surface area contributed by atoms with Gasteiger partial charge in [0.05, 0.1) is 0 Å². The zero-order chi connectivity index (χ0) is 11.4. The lowest BCUT2D eigenvalue weighted by atomic mass is 10.1. The van der Waals surface area contributed by atoms with Crippen LogP contribution in [0.25, 0.3) is 0 Å². The fourth-order valence-corrected chi connectivity index (χ4v) is 3.92. The number of rotatable bonds is 4. The van der Waals surface area contributed by atoms with Crippen molar-refractivity contribution >= 4 is 21.4 Å². The van der Waals surface area contributed by atoms with Crippen LogP contribution in [0.15, 0.2) is 21.7 Å². The average Bonchev–Trinajstić information content (AvgIpc) is 2.82. The number of nitrogens with one attached hydrogen (secondary N) is 2. The van der Waals surface area contributed by atoms with E-state index >= 15 is 0 Å². The Balaban J connectivity index is 1.89. The van der Waals surface area contributed by atoms with Crippen LogP contribution >= 0.6 is 11.3 Å². The predicted octanol–water partition coefficient (Wildman–Crippen LogP) is 1.17. The zero-order valence-corrected chi connectivity index (χ0v) is 10.6. The summed E-state index contributed by atoms with van der Waals surface area (Å²) in [7, 11) is -3.29. The maximum Gasteiger partial charge on any atom is 0.250 e. The van der Waals surface area contributed by atoms with E-state index in [1.165, 1.54) is 24.2 Å². The summed E-state index contributed by atoms with van der Waals surface area (Å²) in [4.78, 5) is 0. The highest BCUT2D eigenvalue weighted by Crippen LogP contribution is 2.15. The Morgan fingerprint density at radius 3 is 3.00 bits per heavy atom. The van der Waals surface area contributed by atoms with Crippen LogP contribution in [0.1, 0.15) is 19.3 Å². The number of hydrogen-bond acceptors (Lipinski definition) is 4. The zero-order valence-electron chi connectivity index (χ0n) is 8.98. The third kappa shape index (κ3) is 3.04. The largest absolute Gasteiger partial charge is 0.313 e. The van der Waals surface area contributed by atoms with Crippen molar-refractivity contribution in [2.45, 2.75) is 29.5 Å². The van der Waals surface area contributed by atoms with Gasteiger partial charge in [-0.15, -0.1) is 11.3 Å². The van der Waals surface area contributed by atoms with Crippen molar-refractivity contribution < 1.29 is 8.42 Å². The van der Waals surface area contributed by atoms with Gasteiger partial charge in [-0.1, -0.05) is 12.5 Å². The highest BCUT2D eigenvalue weighted by molar-refractivity contribution is 7.91. The fraction of sp³-hybridized carbons (Fsp3) is 0.600. The Hall–Kier alpha value is -0.430. The van der Waals surface area contributed by atoms with Crippen LogP contribution < -0.4 is 10.0 Å². The summed E-state index contributed by atoms with van der Waals surface area (Å²) in [5, 5.41) is 5.08. The van der Waals surface area contributed by atoms with Gasteiger partial charge >= 0.3 is 0 Å². The van der Waals surface area contributed by atoms with Crippen molar-refractivity contribution in [3.05, 3.63) is 17.5 Å². The molecule has 2 N–H and O–H groups in total. The van der Waals surface area contributed by atoms with E-state index in [-0.39, 0.29) is 6.04 Å². The van der Waals surface area contributed by atoms with E-state index in [1.807, 2.05) is 0 Å². The Kier molecular flexibility index (Phi) is 3.96. The quantitative estimate of drug-likeness (QED) is 0.854. The molecule has 0 bridgehead atoms. The summed E-state index contributed by atoms with van der Waals surface area (Å²) in [5.41, 5.74) is 0. The molecule has 16 heavy (non-hydrogen) atoms. The summed E-state index contributed by atoms with van der Waals surface area (Å²) in [6.45, 7) is 1.48. The maximum absolute atomic E-state index is 11.8. The average molecular weight is 260 g/mol. The van der Waals surface area contributed by atoms with Crippen LogP contribution in [0.2, 0.25) is 0 Å². The molecule has 2 rings (SSSR count). The lowest BCUT2D eigenvalue weighted by Crippen LogP contribution is -2.43. The standard InChI is InChI=1S/C10H16N2O2S2/c13-16(14,10-5-3-7-15-10)12-8-9-4-1-2-6-11-9/h3,5,7,9,11-12H,1-2,4,6,8H2/t9-/m1/s1. The first-order valence-electron chi connectivity index (χ1n) is 5.45. The van der Waals surface area contributed by atoms with E-state index in [4.69, 9.17) is 0 Å². The van der Waals surface area contributed by atoms with Crippen molar-refractivity contribution in [3.8, 4) is 0 Å². The minimum Gasteiger partial charge on any atom is -0.313 e. The van der Waals surface area contributed by atoms with Gasteiger partial charge in [0.1, 0.15) is 4.21 Å². The van der Waals surface area contributed by atoms with Crippen molar-refractivity contribution in [1.29, 1.82) is 0 Å². The first-order chi connectivity index (χ1) is 7.68. The SMILES string of the molecule is O=S(=O)(NC[C@H]1CCCCN1)c1cccs1. The smallest absolute Gasteiger partial charge is 0.250 e. The molecule has 1 saturated heterocycles. The van der Waals surface area contributed by atoms with Crippen LogP contribution in [0, 0.1) is 0 Å². The first-order valence-corrected chi connectivity index (χ1v) is 7.81. The molecule has 0 aliphatic carbocycles. The molecular formula is C10H16N2O2S2. The van der Waals surface area contributed by atoms with Gasteiger partial charge in [0.25, 0.3) is 0 Å². The second-order valence-electron chi connectivity index (χ2n) is 3.93. The molecule has 1 atom stereocenters. The van der Waals surface area contributed by atoms with Gasteiger partial charge in [-0.3, -0.25) is 0 Å². The molecule has 0 radical (unpaired) electrons. The maximum atomic E-state index is 11.8. The highest BCUT2D eigenvalue weighted by atomic mass is 32.2. The molecule has 0 spiro atoms. The third-order valence-electron chi connectivity index (χ3n) is 2.69. The van der Waals surface area contributed by atoms with Crippen molar-refractivity contribution in [2.75, 3.05) is 13.1 Å². The summed E-state index contributed by atoms with van der Waals surface area (Å²) in [5.74, 6) is 0. The summed E-state index contributed by atoms with van der Waals surface area (Å²) in [6.07, 6.45) is 3.42. The first kappa shape index (κ1) is 12.0. The van der Waals surface area contributed by atoms with Crippen LogP contribution in [-0.4, -0.2) is 27.5 Å². The molecule has 0 amide bonds. The second kappa shape index (κ2) is 5.27. The van der Waals surface area contributed by atoms with E-state index in [2.05, 4.69) is 10.0 Å². The highest BCUT2D eigenvalue weighted by Gasteiger charge is 2.18. The van der Waals surface area contributed by atoms with E-state index in [0.29, 0.717) is 10.8 Å². The van der Waals surface area contributed by atoms with Gasteiger partial charge in [0.2, 0.25) is 10.0 Å². The Morgan fingerprint density at radius 1 is 1.50 bits per heavy atom. The Bertz CT molecular complexity index is 408. The molecular weight excluding hydrogens is 244 g/mol. The van der Waals surface area contributed by atoms with Crippen molar-refractivity contribution in [3.63, 3.8) is 0 Å². The Labute approximate surface area is 100 Å². The minimum atomic E-state index is -3.29. The topological polar surface area (TPSA) is 58.2 Å². The molecule has 1 aromatic rings. The molecule has 1 aliphatic rings. The summed E-state index contributed by atoms with van der Waals surface area (Å²) >= 11 is 1.25. The normalized spacial score (nSPS) is 22.1. The van der Waals surface area contributed by atoms with Gasteiger partial charge in [0.15, 0.2) is 0 Å². The molecule has 90 valence electrons. The molecule has 2 heterocycles. The van der Waals surface area contributed by atoms with Gasteiger partial charge in [-0.05, 0) is 30.8 Å². The summed E-state index contributed by atoms with van der Waals surface area (Å²) in [6, 6.07) is 3.66. The molecule has 6 heteroatoms. The van der Waals surface area contributed by atoms with Crippen molar-refractivity contribution in [1.82, 2.24) is 10.0 Å². The molecule has 4 nitrogen and oxygen atoms in total. The van der Waals surface area contributed by atoms with E-state index in [9.17, 15) is 8.42 Å². The molecule has 1 aliphatic heterocycles. The number of hydrogen-bond donors (Lipinski definition) is 2. The van der Waals surface area contributed by atoms with Crippen LogP contribution in [0.4, 0.5) is 0 Å². The minimum absolute atomic E-state index is 0.281. The van der Waals surface area contributed by atoms with Gasteiger partial charge in [-0.25, -0.2) is 13.1 Å². The third-order valence-corrected chi connectivity index (χ3v) is 5.51. The fourth-order valence-electron chi connectivity index (χ4n) is 1.80. The monoisotopic (exact) mass is 260 g/mol. The Morgan fingerprint density at radius 2 is 2.38 bits per heavy atom. The van der Waals surface area contributed by atoms with Crippen LogP contribution in [-0.2, 0) is 10.0 Å². The summed E-state index contributed by atoms with van der Waals surface area (Å²) < 4.78 is 26.7. The molecule has 0 unspecified atom stereocenters.